The molecule has 5 heteroatoms. The normalized spacial score (nSPS) is 14.5. The van der Waals surface area contributed by atoms with Gasteiger partial charge in [0.25, 0.3) is 0 Å². The van der Waals surface area contributed by atoms with Gasteiger partial charge in [0.2, 0.25) is 0 Å². The van der Waals surface area contributed by atoms with Gasteiger partial charge in [0.1, 0.15) is 5.78 Å². The first-order valence-electron chi connectivity index (χ1n) is 29.5. The standard InChI is InChI=1S/C40H75NO3.C13H26.C7H12O.C2H6/c1-5-7-9-11-14-20-26-38(27-21-15-12-10-8-6-2)29-30-40(43)28-22-16-13-17-24-32-44-35-39-33-36(3)34-41(39)31-23-18-19-25-37(4)42;1-3-5-7-9-11-13-12-10-8-6-4-2;1-3-5-6-7(8)4-2;1-2/h29-30,36,38-39H,5-28,31-35H2,1-4H3;3H,1,4-13H2,2H3;4H,2-3,5-6H2,1H3;1-2H3/t36-,39+;;;/m1.../s1. The van der Waals surface area contributed by atoms with Crippen LogP contribution in [0.25, 0.3) is 0 Å². The highest BCUT2D eigenvalue weighted by Gasteiger charge is 2.29. The van der Waals surface area contributed by atoms with Crippen molar-refractivity contribution in [3.8, 4) is 0 Å². The van der Waals surface area contributed by atoms with Gasteiger partial charge in [-0.25, -0.2) is 0 Å². The summed E-state index contributed by atoms with van der Waals surface area (Å²) in [6.07, 6.45) is 54.8. The number of likely N-dealkylation sites (tertiary alicyclic amines) is 1. The Labute approximate surface area is 420 Å². The largest absolute Gasteiger partial charge is 0.380 e. The van der Waals surface area contributed by atoms with Crippen molar-refractivity contribution in [1.82, 2.24) is 4.90 Å². The molecule has 0 bridgehead atoms. The lowest BCUT2D eigenvalue weighted by Crippen LogP contribution is -2.34. The number of Topliss-reactive ketones (excluding diaryl/α,β-unsaturated/α-hetero) is 1. The molecule has 1 aliphatic heterocycles. The molecule has 0 aromatic carbocycles. The van der Waals surface area contributed by atoms with Crippen LogP contribution in [0.1, 0.15) is 299 Å². The molecule has 5 nitrogen and oxygen atoms in total. The molecule has 0 N–H and O–H groups in total. The second-order valence-electron chi connectivity index (χ2n) is 20.0. The maximum absolute atomic E-state index is 12.6. The summed E-state index contributed by atoms with van der Waals surface area (Å²) in [5.41, 5.74) is 0. The number of rotatable bonds is 46. The van der Waals surface area contributed by atoms with Crippen molar-refractivity contribution in [2.75, 3.05) is 26.3 Å². The van der Waals surface area contributed by atoms with Gasteiger partial charge < -0.3 is 9.53 Å². The lowest BCUT2D eigenvalue weighted by molar-refractivity contribution is -0.117. The second kappa shape index (κ2) is 58.5. The zero-order valence-corrected chi connectivity index (χ0v) is 46.7. The van der Waals surface area contributed by atoms with Crippen molar-refractivity contribution in [1.29, 1.82) is 0 Å². The summed E-state index contributed by atoms with van der Waals surface area (Å²) in [4.78, 5) is 36.8. The molecule has 0 aromatic heterocycles. The Morgan fingerprint density at radius 3 is 1.52 bits per heavy atom. The fraction of sp³-hybridized carbons (Fsp3) is 0.855. The van der Waals surface area contributed by atoms with Crippen molar-refractivity contribution >= 4 is 17.3 Å². The number of carbonyl (C=O) groups is 3. The molecule has 0 saturated carbocycles. The molecule has 1 fully saturated rings. The van der Waals surface area contributed by atoms with E-state index in [4.69, 9.17) is 4.74 Å². The van der Waals surface area contributed by atoms with E-state index in [1.165, 1.54) is 192 Å². The van der Waals surface area contributed by atoms with Gasteiger partial charge in [-0.15, -0.1) is 6.58 Å². The molecule has 0 amide bonds. The number of hydrogen-bond acceptors (Lipinski definition) is 5. The molecule has 67 heavy (non-hydrogen) atoms. The van der Waals surface area contributed by atoms with Gasteiger partial charge in [-0.3, -0.25) is 14.5 Å². The third-order valence-electron chi connectivity index (χ3n) is 13.2. The molecule has 1 saturated heterocycles. The van der Waals surface area contributed by atoms with Crippen molar-refractivity contribution in [3.05, 3.63) is 37.5 Å². The first-order chi connectivity index (χ1) is 32.7. The summed E-state index contributed by atoms with van der Waals surface area (Å²) in [7, 11) is 0. The number of ether oxygens (including phenoxy) is 1. The average molecular weight is 943 g/mol. The number of unbranched alkanes of at least 4 members (excludes halogenated alkanes) is 26. The first kappa shape index (κ1) is 69.4. The molecule has 0 radical (unpaired) electrons. The van der Waals surface area contributed by atoms with Crippen LogP contribution in [0.15, 0.2) is 37.5 Å². The third kappa shape index (κ3) is 55.0. The molecule has 1 rings (SSSR count). The Kier molecular flexibility index (Phi) is 60.6. The lowest BCUT2D eigenvalue weighted by atomic mass is 9.93. The van der Waals surface area contributed by atoms with Crippen LogP contribution >= 0.6 is 0 Å². The second-order valence-corrected chi connectivity index (χ2v) is 20.0. The van der Waals surface area contributed by atoms with Crippen LogP contribution in [0.3, 0.4) is 0 Å². The minimum absolute atomic E-state index is 0.159. The van der Waals surface area contributed by atoms with E-state index >= 15 is 0 Å². The van der Waals surface area contributed by atoms with Crippen LogP contribution in [0.4, 0.5) is 0 Å². The number of nitrogens with zero attached hydrogens (tertiary/aromatic N) is 1. The van der Waals surface area contributed by atoms with Crippen molar-refractivity contribution in [3.63, 3.8) is 0 Å². The summed E-state index contributed by atoms with van der Waals surface area (Å²) in [6.45, 7) is 28.1. The fourth-order valence-electron chi connectivity index (χ4n) is 8.89. The monoisotopic (exact) mass is 942 g/mol. The van der Waals surface area contributed by atoms with E-state index < -0.39 is 0 Å². The van der Waals surface area contributed by atoms with Gasteiger partial charge in [0.05, 0.1) is 6.61 Å². The predicted octanol–water partition coefficient (Wildman–Crippen LogP) is 19.5. The van der Waals surface area contributed by atoms with Gasteiger partial charge in [-0.2, -0.15) is 0 Å². The van der Waals surface area contributed by atoms with Crippen molar-refractivity contribution in [2.24, 2.45) is 11.8 Å². The van der Waals surface area contributed by atoms with E-state index in [0.29, 0.717) is 36.4 Å². The van der Waals surface area contributed by atoms with Crippen molar-refractivity contribution in [2.45, 2.75) is 305 Å². The van der Waals surface area contributed by atoms with E-state index in [2.05, 4.69) is 58.8 Å². The minimum Gasteiger partial charge on any atom is -0.380 e. The van der Waals surface area contributed by atoms with Gasteiger partial charge in [-0.1, -0.05) is 228 Å². The molecule has 1 aliphatic rings. The van der Waals surface area contributed by atoms with E-state index in [1.54, 1.807) is 6.92 Å². The SMILES string of the molecule is C=CC(=O)CCCC.C=CCCCCCCCCCCC.CC.CCCCCCCCC(C=CC(=O)CCCCCCCOC[C@@H]1C[C@@H](C)CN1CCCCCC(C)=O)CCCCCCCC. The Balaban J connectivity index is -0.00000145. The van der Waals surface area contributed by atoms with Crippen LogP contribution in [0.2, 0.25) is 0 Å². The molecular weight excluding hydrogens is 823 g/mol. The predicted molar refractivity (Wildman–Crippen MR) is 299 cm³/mol. The van der Waals surface area contributed by atoms with Crippen LogP contribution in [0.5, 0.6) is 0 Å². The van der Waals surface area contributed by atoms with Crippen LogP contribution < -0.4 is 0 Å². The van der Waals surface area contributed by atoms with E-state index in [1.807, 2.05) is 26.0 Å². The summed E-state index contributed by atoms with van der Waals surface area (Å²) < 4.78 is 6.11. The fourth-order valence-corrected chi connectivity index (χ4v) is 8.89. The molecule has 1 heterocycles. The molecule has 0 spiro atoms. The summed E-state index contributed by atoms with van der Waals surface area (Å²) in [5, 5.41) is 0. The number of ketones is 3. The maximum Gasteiger partial charge on any atom is 0.155 e. The topological polar surface area (TPSA) is 63.7 Å². The highest BCUT2D eigenvalue weighted by atomic mass is 16.5. The van der Waals surface area contributed by atoms with Gasteiger partial charge in [-0.05, 0) is 102 Å². The highest BCUT2D eigenvalue weighted by molar-refractivity contribution is 5.89. The zero-order chi connectivity index (χ0) is 50.3. The molecule has 0 unspecified atom stereocenters. The Morgan fingerprint density at radius 1 is 0.567 bits per heavy atom. The number of carbonyl (C=O) groups excluding carboxylic acids is 3. The Hall–Kier alpha value is -1.85. The van der Waals surface area contributed by atoms with E-state index in [0.717, 1.165) is 77.0 Å². The summed E-state index contributed by atoms with van der Waals surface area (Å²) in [5.74, 6) is 2.15. The molecule has 0 aromatic rings. The van der Waals surface area contributed by atoms with Crippen molar-refractivity contribution < 1.29 is 19.1 Å². The zero-order valence-electron chi connectivity index (χ0n) is 46.7. The third-order valence-corrected chi connectivity index (χ3v) is 13.2. The van der Waals surface area contributed by atoms with Gasteiger partial charge >= 0.3 is 0 Å². The van der Waals surface area contributed by atoms with E-state index in [9.17, 15) is 14.4 Å². The summed E-state index contributed by atoms with van der Waals surface area (Å²) >= 11 is 0. The minimum atomic E-state index is 0.159. The smallest absolute Gasteiger partial charge is 0.155 e. The van der Waals surface area contributed by atoms with Gasteiger partial charge in [0, 0.05) is 38.5 Å². The molecule has 396 valence electrons. The molecule has 0 aliphatic carbocycles. The number of hydrogen-bond donors (Lipinski definition) is 0. The average Bonchev–Trinajstić information content (AvgIpc) is 3.69. The quantitative estimate of drug-likeness (QED) is 0.0346. The Bertz CT molecular complexity index is 1070. The first-order valence-corrected chi connectivity index (χ1v) is 29.5. The van der Waals surface area contributed by atoms with Crippen LogP contribution in [-0.4, -0.2) is 54.6 Å². The van der Waals surface area contributed by atoms with E-state index in [-0.39, 0.29) is 5.78 Å². The maximum atomic E-state index is 12.6. The van der Waals surface area contributed by atoms with Crippen LogP contribution in [-0.2, 0) is 19.1 Å². The molecular formula is C62H119NO4. The summed E-state index contributed by atoms with van der Waals surface area (Å²) in [6, 6.07) is 0.563. The Morgan fingerprint density at radius 2 is 1.01 bits per heavy atom. The highest BCUT2D eigenvalue weighted by Crippen LogP contribution is 2.24. The molecule has 2 atom stereocenters. The van der Waals surface area contributed by atoms with Crippen LogP contribution in [0, 0.1) is 11.8 Å². The number of allylic oxidation sites excluding steroid dienone is 4. The van der Waals surface area contributed by atoms with Gasteiger partial charge in [0.15, 0.2) is 11.6 Å². The lowest BCUT2D eigenvalue weighted by Gasteiger charge is -2.24.